The Morgan fingerprint density at radius 2 is 1.84 bits per heavy atom. The van der Waals surface area contributed by atoms with Crippen molar-refractivity contribution in [2.24, 2.45) is 0 Å². The predicted molar refractivity (Wildman–Crippen MR) is 126 cm³/mol. The zero-order valence-electron chi connectivity index (χ0n) is 19.4. The summed E-state index contributed by atoms with van der Waals surface area (Å²) < 4.78 is 5.50. The first kappa shape index (κ1) is 22.7. The van der Waals surface area contributed by atoms with Crippen molar-refractivity contribution in [1.82, 2.24) is 14.7 Å². The zero-order valence-corrected chi connectivity index (χ0v) is 20.2. The largest absolute Gasteiger partial charge is 0.495 e. The van der Waals surface area contributed by atoms with Crippen LogP contribution in [-0.2, 0) is 4.79 Å². The van der Waals surface area contributed by atoms with Crippen molar-refractivity contribution in [1.29, 1.82) is 0 Å². The summed E-state index contributed by atoms with van der Waals surface area (Å²) in [7, 11) is 1.64. The summed E-state index contributed by atoms with van der Waals surface area (Å²) in [6, 6.07) is 4.59. The summed E-state index contributed by atoms with van der Waals surface area (Å²) in [5, 5.41) is 4.08. The minimum Gasteiger partial charge on any atom is -0.495 e. The molecule has 0 spiro atoms. The Balaban J connectivity index is 1.27. The highest BCUT2D eigenvalue weighted by Gasteiger charge is 2.38. The maximum Gasteiger partial charge on any atom is 0.241 e. The van der Waals surface area contributed by atoms with E-state index in [1.54, 1.807) is 7.11 Å². The molecule has 4 rings (SSSR count). The van der Waals surface area contributed by atoms with Gasteiger partial charge < -0.3 is 15.0 Å². The lowest BCUT2D eigenvalue weighted by atomic mass is 9.80. The molecule has 1 aromatic carbocycles. The summed E-state index contributed by atoms with van der Waals surface area (Å²) in [5.41, 5.74) is 2.28. The molecular formula is C24H37ClN4O2. The highest BCUT2D eigenvalue weighted by Crippen LogP contribution is 2.43. The first-order valence-corrected chi connectivity index (χ1v) is 12.0. The molecule has 31 heavy (non-hydrogen) atoms. The molecule has 3 aliphatic rings. The van der Waals surface area contributed by atoms with Crippen LogP contribution >= 0.6 is 11.6 Å². The fourth-order valence-electron chi connectivity index (χ4n) is 4.76. The monoisotopic (exact) mass is 448 g/mol. The summed E-state index contributed by atoms with van der Waals surface area (Å²) in [4.78, 5) is 19.9. The van der Waals surface area contributed by atoms with Gasteiger partial charge in [0.2, 0.25) is 5.91 Å². The Hall–Kier alpha value is -1.50. The number of halogens is 1. The maximum absolute atomic E-state index is 12.8. The van der Waals surface area contributed by atoms with Gasteiger partial charge in [-0.3, -0.25) is 14.6 Å². The van der Waals surface area contributed by atoms with Gasteiger partial charge in [0.1, 0.15) is 5.75 Å². The Morgan fingerprint density at radius 3 is 2.39 bits per heavy atom. The van der Waals surface area contributed by atoms with Crippen molar-refractivity contribution in [2.45, 2.75) is 57.5 Å². The van der Waals surface area contributed by atoms with Gasteiger partial charge in [-0.15, -0.1) is 0 Å². The number of amides is 1. The molecule has 0 atom stereocenters. The van der Waals surface area contributed by atoms with E-state index in [9.17, 15) is 4.79 Å². The number of anilines is 1. The second-order valence-corrected chi connectivity index (χ2v) is 10.6. The molecule has 2 aliphatic heterocycles. The molecule has 1 N–H and O–H groups in total. The van der Waals surface area contributed by atoms with E-state index in [0.29, 0.717) is 17.7 Å². The fraction of sp³-hybridized carbons (Fsp3) is 0.708. The molecule has 0 bridgehead atoms. The number of hydrogen-bond donors (Lipinski definition) is 1. The van der Waals surface area contributed by atoms with Crippen molar-refractivity contribution in [3.05, 3.63) is 22.7 Å². The number of nitrogens with zero attached hydrogens (tertiary/aromatic N) is 3. The van der Waals surface area contributed by atoms with Crippen molar-refractivity contribution in [3.63, 3.8) is 0 Å². The van der Waals surface area contributed by atoms with Crippen LogP contribution in [0.4, 0.5) is 5.69 Å². The Kier molecular flexibility index (Phi) is 6.71. The molecule has 0 unspecified atom stereocenters. The summed E-state index contributed by atoms with van der Waals surface area (Å²) in [5.74, 6) is 1.37. The van der Waals surface area contributed by atoms with Crippen LogP contribution in [0, 0.1) is 0 Å². The van der Waals surface area contributed by atoms with Crippen molar-refractivity contribution < 1.29 is 9.53 Å². The van der Waals surface area contributed by atoms with Crippen LogP contribution in [0.3, 0.4) is 0 Å². The van der Waals surface area contributed by atoms with E-state index >= 15 is 0 Å². The molecule has 6 nitrogen and oxygen atoms in total. The summed E-state index contributed by atoms with van der Waals surface area (Å²) >= 11 is 6.47. The van der Waals surface area contributed by atoms with E-state index in [2.05, 4.69) is 42.0 Å². The number of carbonyl (C=O) groups excluding carboxylic acids is 1. The first-order valence-electron chi connectivity index (χ1n) is 11.6. The predicted octanol–water partition coefficient (Wildman–Crippen LogP) is 3.65. The highest BCUT2D eigenvalue weighted by atomic mass is 35.5. The molecule has 1 aliphatic carbocycles. The number of nitrogens with one attached hydrogen (secondary N) is 1. The SMILES string of the molecule is COc1cc(Cl)c(C2CCC2)cc1NCC(=O)N1CCN(C2CN(C(C)(C)C)C2)CC1. The first-order chi connectivity index (χ1) is 14.8. The van der Waals surface area contributed by atoms with Gasteiger partial charge in [-0.05, 0) is 51.2 Å². The second kappa shape index (κ2) is 9.16. The van der Waals surface area contributed by atoms with Crippen LogP contribution < -0.4 is 10.1 Å². The maximum atomic E-state index is 12.8. The topological polar surface area (TPSA) is 48.1 Å². The van der Waals surface area contributed by atoms with E-state index in [4.69, 9.17) is 16.3 Å². The number of methoxy groups -OCH3 is 1. The number of benzene rings is 1. The normalized spacial score (nSPS) is 21.5. The van der Waals surface area contributed by atoms with Crippen molar-refractivity contribution in [3.8, 4) is 5.75 Å². The van der Waals surface area contributed by atoms with Gasteiger partial charge in [-0.2, -0.15) is 0 Å². The van der Waals surface area contributed by atoms with Gasteiger partial charge >= 0.3 is 0 Å². The van der Waals surface area contributed by atoms with Crippen molar-refractivity contribution in [2.75, 3.05) is 58.2 Å². The van der Waals surface area contributed by atoms with Crippen LogP contribution in [0.15, 0.2) is 12.1 Å². The molecule has 172 valence electrons. The van der Waals surface area contributed by atoms with Gasteiger partial charge in [0, 0.05) is 61.9 Å². The van der Waals surface area contributed by atoms with Crippen LogP contribution in [-0.4, -0.2) is 85.1 Å². The van der Waals surface area contributed by atoms with Crippen LogP contribution in [0.2, 0.25) is 5.02 Å². The second-order valence-electron chi connectivity index (χ2n) is 10.2. The number of carbonyl (C=O) groups is 1. The van der Waals surface area contributed by atoms with Crippen LogP contribution in [0.25, 0.3) is 0 Å². The lowest BCUT2D eigenvalue weighted by Gasteiger charge is -2.53. The Morgan fingerprint density at radius 1 is 1.16 bits per heavy atom. The molecule has 1 amide bonds. The van der Waals surface area contributed by atoms with E-state index in [1.165, 1.54) is 24.8 Å². The Bertz CT molecular complexity index is 792. The van der Waals surface area contributed by atoms with Crippen molar-refractivity contribution >= 4 is 23.2 Å². The molecule has 3 fully saturated rings. The Labute approximate surface area is 191 Å². The van der Waals surface area contributed by atoms with Gasteiger partial charge in [0.05, 0.1) is 19.3 Å². The lowest BCUT2D eigenvalue weighted by Crippen LogP contribution is -2.67. The third-order valence-corrected chi connectivity index (χ3v) is 7.62. The minimum atomic E-state index is 0.145. The van der Waals surface area contributed by atoms with Gasteiger partial charge in [0.15, 0.2) is 0 Å². The number of hydrogen-bond acceptors (Lipinski definition) is 5. The van der Waals surface area contributed by atoms with E-state index in [-0.39, 0.29) is 18.0 Å². The van der Waals surface area contributed by atoms with Gasteiger partial charge in [-0.1, -0.05) is 18.0 Å². The summed E-state index contributed by atoms with van der Waals surface area (Å²) in [6.07, 6.45) is 3.63. The molecule has 7 heteroatoms. The van der Waals surface area contributed by atoms with Gasteiger partial charge in [0.25, 0.3) is 0 Å². The third-order valence-electron chi connectivity index (χ3n) is 7.29. The van der Waals surface area contributed by atoms with E-state index in [0.717, 1.165) is 50.0 Å². The molecule has 2 heterocycles. The smallest absolute Gasteiger partial charge is 0.241 e. The fourth-order valence-corrected chi connectivity index (χ4v) is 5.07. The number of ether oxygens (including phenoxy) is 1. The van der Waals surface area contributed by atoms with E-state index < -0.39 is 0 Å². The molecular weight excluding hydrogens is 412 g/mol. The average Bonchev–Trinajstić information content (AvgIpc) is 2.64. The molecule has 2 saturated heterocycles. The standard InChI is InChI=1S/C24H37ClN4O2/c1-24(2,3)29-15-18(16-29)27-8-10-28(11-9-27)23(30)14-26-21-12-19(17-6-5-7-17)20(25)13-22(21)31-4/h12-13,17-18,26H,5-11,14-16H2,1-4H3. The molecule has 1 saturated carbocycles. The zero-order chi connectivity index (χ0) is 22.2. The van der Waals surface area contributed by atoms with Crippen LogP contribution in [0.5, 0.6) is 5.75 Å². The highest BCUT2D eigenvalue weighted by molar-refractivity contribution is 6.31. The number of rotatable bonds is 6. The minimum absolute atomic E-state index is 0.145. The molecule has 0 aromatic heterocycles. The van der Waals surface area contributed by atoms with E-state index in [1.807, 2.05) is 11.0 Å². The summed E-state index contributed by atoms with van der Waals surface area (Å²) in [6.45, 7) is 12.9. The lowest BCUT2D eigenvalue weighted by molar-refractivity contribution is -0.132. The number of piperazine rings is 1. The average molecular weight is 449 g/mol. The number of likely N-dealkylation sites (tertiary alicyclic amines) is 1. The molecule has 1 aromatic rings. The van der Waals surface area contributed by atoms with Crippen LogP contribution in [0.1, 0.15) is 51.5 Å². The quantitative estimate of drug-likeness (QED) is 0.719. The molecule has 0 radical (unpaired) electrons. The third kappa shape index (κ3) is 4.96. The van der Waals surface area contributed by atoms with Gasteiger partial charge in [-0.25, -0.2) is 0 Å².